The fourth-order valence-electron chi connectivity index (χ4n) is 3.37. The van der Waals surface area contributed by atoms with Crippen LogP contribution in [0, 0.1) is 0 Å². The minimum atomic E-state index is -0.372. The lowest BCUT2D eigenvalue weighted by atomic mass is 10.1. The fraction of sp³-hybridized carbons (Fsp3) is 0.304. The van der Waals surface area contributed by atoms with Gasteiger partial charge in [-0.25, -0.2) is 0 Å². The number of nitrogens with one attached hydrogen (secondary N) is 1. The number of ether oxygens (including phenoxy) is 2. The molecule has 2 aromatic carbocycles. The molecule has 1 aliphatic rings. The molecule has 1 heterocycles. The number of methoxy groups -OCH3 is 2. The molecule has 3 rings (SSSR count). The van der Waals surface area contributed by atoms with E-state index in [2.05, 4.69) is 5.32 Å². The van der Waals surface area contributed by atoms with Crippen molar-refractivity contribution in [3.05, 3.63) is 58.6 Å². The van der Waals surface area contributed by atoms with E-state index in [4.69, 9.17) is 21.1 Å². The van der Waals surface area contributed by atoms with Crippen molar-refractivity contribution in [3.8, 4) is 11.5 Å². The van der Waals surface area contributed by atoms with Crippen molar-refractivity contribution in [2.24, 2.45) is 0 Å². The predicted octanol–water partition coefficient (Wildman–Crippen LogP) is 4.64. The van der Waals surface area contributed by atoms with E-state index < -0.39 is 0 Å². The molecule has 0 bridgehead atoms. The maximum atomic E-state index is 12.9. The monoisotopic (exact) mass is 428 g/mol. The molecule has 0 unspecified atom stereocenters. The Balaban J connectivity index is 1.77. The molecule has 2 amide bonds. The quantitative estimate of drug-likeness (QED) is 0.681. The summed E-state index contributed by atoms with van der Waals surface area (Å²) in [7, 11) is 3.13. The molecule has 30 heavy (non-hydrogen) atoms. The van der Waals surface area contributed by atoms with Gasteiger partial charge in [-0.3, -0.25) is 9.59 Å². The van der Waals surface area contributed by atoms with E-state index in [9.17, 15) is 9.59 Å². The van der Waals surface area contributed by atoms with E-state index in [1.54, 1.807) is 56.7 Å². The van der Waals surface area contributed by atoms with E-state index in [-0.39, 0.29) is 11.8 Å². The predicted molar refractivity (Wildman–Crippen MR) is 118 cm³/mol. The highest BCUT2D eigenvalue weighted by Gasteiger charge is 2.21. The molecule has 7 heteroatoms. The second-order valence-corrected chi connectivity index (χ2v) is 7.41. The van der Waals surface area contributed by atoms with Gasteiger partial charge in [-0.1, -0.05) is 11.6 Å². The summed E-state index contributed by atoms with van der Waals surface area (Å²) in [4.78, 5) is 27.3. The van der Waals surface area contributed by atoms with Crippen molar-refractivity contribution in [2.75, 3.05) is 32.6 Å². The number of carbonyl (C=O) groups is 2. The number of likely N-dealkylation sites (tertiary alicyclic amines) is 1. The number of rotatable bonds is 6. The van der Waals surface area contributed by atoms with Gasteiger partial charge in [0.1, 0.15) is 11.5 Å². The van der Waals surface area contributed by atoms with E-state index >= 15 is 0 Å². The first-order valence-electron chi connectivity index (χ1n) is 9.81. The van der Waals surface area contributed by atoms with E-state index in [0.29, 0.717) is 27.8 Å². The lowest BCUT2D eigenvalue weighted by Crippen LogP contribution is -2.36. The van der Waals surface area contributed by atoms with Crippen LogP contribution >= 0.6 is 11.6 Å². The Hall–Kier alpha value is -2.99. The van der Waals surface area contributed by atoms with Gasteiger partial charge in [0.25, 0.3) is 5.91 Å². The Morgan fingerprint density at radius 3 is 2.50 bits per heavy atom. The standard InChI is InChI=1S/C23H25ClN2O4/c1-29-18-9-6-16(21(15-18)30-2)7-11-22(27)25-20-14-17(24)8-10-19(20)23(28)26-12-4-3-5-13-26/h6-11,14-15H,3-5,12-13H2,1-2H3,(H,25,27)/b11-7+. The van der Waals surface area contributed by atoms with Gasteiger partial charge in [-0.05, 0) is 55.7 Å². The average molecular weight is 429 g/mol. The lowest BCUT2D eigenvalue weighted by Gasteiger charge is -2.27. The Morgan fingerprint density at radius 1 is 1.03 bits per heavy atom. The van der Waals surface area contributed by atoms with E-state index in [1.165, 1.54) is 6.08 Å². The molecule has 0 atom stereocenters. The van der Waals surface area contributed by atoms with Gasteiger partial charge >= 0.3 is 0 Å². The van der Waals surface area contributed by atoms with Crippen LogP contribution in [0.3, 0.4) is 0 Å². The topological polar surface area (TPSA) is 67.9 Å². The summed E-state index contributed by atoms with van der Waals surface area (Å²) in [5.74, 6) is 0.778. The number of benzene rings is 2. The van der Waals surface area contributed by atoms with Gasteiger partial charge in [-0.15, -0.1) is 0 Å². The lowest BCUT2D eigenvalue weighted by molar-refractivity contribution is -0.111. The Bertz CT molecular complexity index is 952. The van der Waals surface area contributed by atoms with Crippen LogP contribution in [0.25, 0.3) is 6.08 Å². The van der Waals surface area contributed by atoms with Gasteiger partial charge < -0.3 is 19.7 Å². The third kappa shape index (κ3) is 5.33. The van der Waals surface area contributed by atoms with Crippen molar-refractivity contribution in [3.63, 3.8) is 0 Å². The molecule has 0 radical (unpaired) electrons. The number of hydrogen-bond acceptors (Lipinski definition) is 4. The maximum absolute atomic E-state index is 12.9. The summed E-state index contributed by atoms with van der Waals surface area (Å²) in [6.45, 7) is 1.46. The Kier molecular flexibility index (Phi) is 7.36. The summed E-state index contributed by atoms with van der Waals surface area (Å²) in [6, 6.07) is 10.2. The summed E-state index contributed by atoms with van der Waals surface area (Å²) >= 11 is 6.11. The number of carbonyl (C=O) groups excluding carboxylic acids is 2. The Labute approximate surface area is 181 Å². The first-order valence-corrected chi connectivity index (χ1v) is 10.2. The Morgan fingerprint density at radius 2 is 1.80 bits per heavy atom. The zero-order valence-corrected chi connectivity index (χ0v) is 17.9. The van der Waals surface area contributed by atoms with Crippen LogP contribution in [0.2, 0.25) is 5.02 Å². The van der Waals surface area contributed by atoms with Gasteiger partial charge in [0.15, 0.2) is 0 Å². The number of nitrogens with zero attached hydrogens (tertiary/aromatic N) is 1. The van der Waals surface area contributed by atoms with Crippen LogP contribution in [-0.4, -0.2) is 44.0 Å². The molecule has 6 nitrogen and oxygen atoms in total. The fourth-order valence-corrected chi connectivity index (χ4v) is 3.54. The molecule has 2 aromatic rings. The second-order valence-electron chi connectivity index (χ2n) is 6.97. The highest BCUT2D eigenvalue weighted by molar-refractivity contribution is 6.31. The molecule has 1 fully saturated rings. The van der Waals surface area contributed by atoms with Crippen molar-refractivity contribution < 1.29 is 19.1 Å². The highest BCUT2D eigenvalue weighted by Crippen LogP contribution is 2.26. The van der Waals surface area contributed by atoms with Gasteiger partial charge in [0.05, 0.1) is 25.5 Å². The zero-order chi connectivity index (χ0) is 21.5. The van der Waals surface area contributed by atoms with Crippen LogP contribution in [0.5, 0.6) is 11.5 Å². The van der Waals surface area contributed by atoms with Crippen molar-refractivity contribution in [2.45, 2.75) is 19.3 Å². The van der Waals surface area contributed by atoms with Crippen LogP contribution in [0.4, 0.5) is 5.69 Å². The molecule has 0 aliphatic carbocycles. The van der Waals surface area contributed by atoms with E-state index in [0.717, 1.165) is 37.9 Å². The number of halogens is 1. The summed E-state index contributed by atoms with van der Waals surface area (Å²) in [5.41, 5.74) is 1.56. The van der Waals surface area contributed by atoms with Crippen molar-refractivity contribution in [1.82, 2.24) is 4.90 Å². The van der Waals surface area contributed by atoms with Crippen LogP contribution in [-0.2, 0) is 4.79 Å². The molecular weight excluding hydrogens is 404 g/mol. The van der Waals surface area contributed by atoms with Gasteiger partial charge in [0.2, 0.25) is 5.91 Å². The van der Waals surface area contributed by atoms with Crippen molar-refractivity contribution >= 4 is 35.2 Å². The first kappa shape index (κ1) is 21.7. The molecule has 1 N–H and O–H groups in total. The van der Waals surface area contributed by atoms with Gasteiger partial charge in [-0.2, -0.15) is 0 Å². The second kappa shape index (κ2) is 10.2. The minimum absolute atomic E-state index is 0.0949. The third-order valence-corrected chi connectivity index (χ3v) is 5.20. The average Bonchev–Trinajstić information content (AvgIpc) is 2.77. The molecule has 0 aromatic heterocycles. The molecule has 0 spiro atoms. The smallest absolute Gasteiger partial charge is 0.255 e. The summed E-state index contributed by atoms with van der Waals surface area (Å²) < 4.78 is 10.5. The number of piperidine rings is 1. The molecule has 1 saturated heterocycles. The first-order chi connectivity index (χ1) is 14.5. The summed E-state index contributed by atoms with van der Waals surface area (Å²) in [6.07, 6.45) is 6.15. The van der Waals surface area contributed by atoms with Crippen LogP contribution < -0.4 is 14.8 Å². The number of anilines is 1. The van der Waals surface area contributed by atoms with Crippen molar-refractivity contribution in [1.29, 1.82) is 0 Å². The molecular formula is C23H25ClN2O4. The van der Waals surface area contributed by atoms with Crippen LogP contribution in [0.15, 0.2) is 42.5 Å². The number of hydrogen-bond donors (Lipinski definition) is 1. The maximum Gasteiger partial charge on any atom is 0.255 e. The van der Waals surface area contributed by atoms with E-state index in [1.807, 2.05) is 4.90 Å². The van der Waals surface area contributed by atoms with Crippen LogP contribution in [0.1, 0.15) is 35.2 Å². The third-order valence-electron chi connectivity index (χ3n) is 4.97. The molecule has 0 saturated carbocycles. The summed E-state index contributed by atoms with van der Waals surface area (Å²) in [5, 5.41) is 3.22. The molecule has 158 valence electrons. The highest BCUT2D eigenvalue weighted by atomic mass is 35.5. The number of amides is 2. The SMILES string of the molecule is COc1ccc(/C=C/C(=O)Nc2cc(Cl)ccc2C(=O)N2CCCCC2)c(OC)c1. The normalized spacial score (nSPS) is 13.9. The minimum Gasteiger partial charge on any atom is -0.497 e. The van der Waals surface area contributed by atoms with Gasteiger partial charge in [0, 0.05) is 35.8 Å². The molecule has 1 aliphatic heterocycles. The largest absolute Gasteiger partial charge is 0.497 e. The zero-order valence-electron chi connectivity index (χ0n) is 17.1.